The van der Waals surface area contributed by atoms with Crippen LogP contribution < -0.4 is 21.5 Å². The van der Waals surface area contributed by atoms with Gasteiger partial charge in [0.25, 0.3) is 0 Å². The van der Waals surface area contributed by atoms with Crippen molar-refractivity contribution in [1.82, 2.24) is 16.2 Å². The van der Waals surface area contributed by atoms with Crippen molar-refractivity contribution in [3.63, 3.8) is 0 Å². The van der Waals surface area contributed by atoms with Crippen LogP contribution in [0.5, 0.6) is 0 Å². The Bertz CT molecular complexity index is 1010. The molecule has 1 aliphatic heterocycles. The molecule has 8 heteroatoms. The van der Waals surface area contributed by atoms with E-state index in [1.807, 2.05) is 30.3 Å². The van der Waals surface area contributed by atoms with Crippen LogP contribution in [0, 0.1) is 5.92 Å². The highest BCUT2D eigenvalue weighted by atomic mass is 16.5. The molecule has 0 radical (unpaired) electrons. The topological polar surface area (TPSA) is 109 Å². The summed E-state index contributed by atoms with van der Waals surface area (Å²) in [6.07, 6.45) is 4.65. The van der Waals surface area contributed by atoms with Crippen molar-refractivity contribution in [2.75, 3.05) is 12.4 Å². The van der Waals surface area contributed by atoms with Crippen molar-refractivity contribution in [2.45, 2.75) is 50.7 Å². The van der Waals surface area contributed by atoms with E-state index in [-0.39, 0.29) is 36.7 Å². The predicted octanol–water partition coefficient (Wildman–Crippen LogP) is 2.31. The molecule has 1 saturated carbocycles. The van der Waals surface area contributed by atoms with E-state index in [0.29, 0.717) is 22.9 Å². The van der Waals surface area contributed by atoms with Crippen LogP contribution in [0.4, 0.5) is 5.69 Å². The molecular formula is C25H30N4O4. The molecule has 2 aromatic rings. The van der Waals surface area contributed by atoms with Crippen LogP contribution >= 0.6 is 0 Å². The van der Waals surface area contributed by atoms with Gasteiger partial charge in [-0.25, -0.2) is 10.2 Å². The van der Waals surface area contributed by atoms with Gasteiger partial charge in [0.15, 0.2) is 0 Å². The summed E-state index contributed by atoms with van der Waals surface area (Å²) >= 11 is 0. The number of methoxy groups -OCH3 is 1. The molecule has 1 heterocycles. The molecule has 4 rings (SSSR count). The standard InChI is InChI=1S/C25H30N4O4/c1-33-25(32)18-11-17(12-19(14-18)27-22(30)13-16-7-3-2-4-8-16)15-26-24(31)23-20-9-5-6-10-21(20)28-29-23/h2-4,7-8,11-12,14,20-21,23,28-29H,5-6,9-10,13,15H2,1H3,(H,26,31)(H,27,30). The molecule has 3 atom stereocenters. The third kappa shape index (κ3) is 5.77. The predicted molar refractivity (Wildman–Crippen MR) is 124 cm³/mol. The van der Waals surface area contributed by atoms with Gasteiger partial charge in [0.2, 0.25) is 11.8 Å². The summed E-state index contributed by atoms with van der Waals surface area (Å²) < 4.78 is 4.86. The first-order valence-electron chi connectivity index (χ1n) is 11.4. The molecule has 1 saturated heterocycles. The SMILES string of the molecule is COC(=O)c1cc(CNC(=O)C2NNC3CCCCC32)cc(NC(=O)Cc2ccccc2)c1. The molecule has 1 aliphatic carbocycles. The number of amides is 2. The van der Waals surface area contributed by atoms with Crippen LogP contribution in [-0.4, -0.2) is 37.0 Å². The number of esters is 1. The minimum atomic E-state index is -0.506. The van der Waals surface area contributed by atoms with Gasteiger partial charge in [-0.3, -0.25) is 15.0 Å². The van der Waals surface area contributed by atoms with E-state index < -0.39 is 5.97 Å². The second kappa shape index (κ2) is 10.6. The van der Waals surface area contributed by atoms with Crippen LogP contribution in [0.15, 0.2) is 48.5 Å². The van der Waals surface area contributed by atoms with Gasteiger partial charge in [0.1, 0.15) is 6.04 Å². The third-order valence-corrected chi connectivity index (χ3v) is 6.33. The van der Waals surface area contributed by atoms with Gasteiger partial charge in [0.05, 0.1) is 19.1 Å². The molecule has 174 valence electrons. The summed E-state index contributed by atoms with van der Waals surface area (Å²) in [5, 5.41) is 5.82. The Hall–Kier alpha value is -3.23. The number of benzene rings is 2. The Kier molecular flexibility index (Phi) is 7.36. The first kappa shape index (κ1) is 22.9. The molecule has 0 aromatic heterocycles. The van der Waals surface area contributed by atoms with Gasteiger partial charge >= 0.3 is 5.97 Å². The van der Waals surface area contributed by atoms with Crippen molar-refractivity contribution < 1.29 is 19.1 Å². The molecule has 4 N–H and O–H groups in total. The van der Waals surface area contributed by atoms with Crippen LogP contribution in [0.1, 0.15) is 47.2 Å². The third-order valence-electron chi connectivity index (χ3n) is 6.33. The molecule has 0 bridgehead atoms. The van der Waals surface area contributed by atoms with E-state index in [1.165, 1.54) is 13.5 Å². The average molecular weight is 451 g/mol. The monoisotopic (exact) mass is 450 g/mol. The van der Waals surface area contributed by atoms with E-state index in [0.717, 1.165) is 24.8 Å². The van der Waals surface area contributed by atoms with E-state index in [4.69, 9.17) is 4.74 Å². The van der Waals surface area contributed by atoms with Gasteiger partial charge in [-0.05, 0) is 42.2 Å². The molecule has 33 heavy (non-hydrogen) atoms. The van der Waals surface area contributed by atoms with E-state index in [2.05, 4.69) is 21.5 Å². The Labute approximate surface area is 193 Å². The van der Waals surface area contributed by atoms with E-state index >= 15 is 0 Å². The minimum Gasteiger partial charge on any atom is -0.465 e. The van der Waals surface area contributed by atoms with Crippen LogP contribution in [0.25, 0.3) is 0 Å². The Balaban J connectivity index is 1.42. The van der Waals surface area contributed by atoms with Crippen molar-refractivity contribution in [2.24, 2.45) is 5.92 Å². The highest BCUT2D eigenvalue weighted by Crippen LogP contribution is 2.30. The molecule has 8 nitrogen and oxygen atoms in total. The summed E-state index contributed by atoms with van der Waals surface area (Å²) in [5.74, 6) is -0.487. The van der Waals surface area contributed by atoms with Gasteiger partial charge in [-0.1, -0.05) is 43.2 Å². The van der Waals surface area contributed by atoms with Crippen LogP contribution in [0.3, 0.4) is 0 Å². The van der Waals surface area contributed by atoms with Gasteiger partial charge in [0, 0.05) is 24.2 Å². The highest BCUT2D eigenvalue weighted by molar-refractivity contribution is 5.95. The fourth-order valence-corrected chi connectivity index (χ4v) is 4.69. The van der Waals surface area contributed by atoms with Crippen LogP contribution in [0.2, 0.25) is 0 Å². The van der Waals surface area contributed by atoms with Crippen molar-refractivity contribution in [3.05, 3.63) is 65.2 Å². The maximum Gasteiger partial charge on any atom is 0.337 e. The van der Waals surface area contributed by atoms with Crippen LogP contribution in [-0.2, 0) is 27.3 Å². The Morgan fingerprint density at radius 3 is 2.58 bits per heavy atom. The zero-order valence-electron chi connectivity index (χ0n) is 18.7. The zero-order valence-corrected chi connectivity index (χ0v) is 18.7. The molecule has 2 amide bonds. The minimum absolute atomic E-state index is 0.0740. The largest absolute Gasteiger partial charge is 0.465 e. The normalized spacial score (nSPS) is 21.7. The number of hydrazine groups is 1. The average Bonchev–Trinajstić information content (AvgIpc) is 3.27. The fraction of sp³-hybridized carbons (Fsp3) is 0.400. The highest BCUT2D eigenvalue weighted by Gasteiger charge is 2.40. The maximum absolute atomic E-state index is 12.8. The number of hydrogen-bond acceptors (Lipinski definition) is 6. The number of anilines is 1. The molecule has 2 aliphatic rings. The summed E-state index contributed by atoms with van der Waals surface area (Å²) in [7, 11) is 1.31. The summed E-state index contributed by atoms with van der Waals surface area (Å²) in [4.78, 5) is 37.5. The van der Waals surface area contributed by atoms with Crippen molar-refractivity contribution >= 4 is 23.5 Å². The maximum atomic E-state index is 12.8. The lowest BCUT2D eigenvalue weighted by atomic mass is 9.81. The second-order valence-electron chi connectivity index (χ2n) is 8.66. The second-order valence-corrected chi connectivity index (χ2v) is 8.66. The Morgan fingerprint density at radius 2 is 1.79 bits per heavy atom. The number of carbonyl (C=O) groups is 3. The number of rotatable bonds is 7. The fourth-order valence-electron chi connectivity index (χ4n) is 4.69. The van der Waals surface area contributed by atoms with E-state index in [9.17, 15) is 14.4 Å². The quantitative estimate of drug-likeness (QED) is 0.482. The summed E-state index contributed by atoms with van der Waals surface area (Å²) in [6.45, 7) is 0.237. The van der Waals surface area contributed by atoms with Crippen molar-refractivity contribution in [3.8, 4) is 0 Å². The van der Waals surface area contributed by atoms with E-state index in [1.54, 1.807) is 18.2 Å². The zero-order chi connectivity index (χ0) is 23.2. The lowest BCUT2D eigenvalue weighted by Gasteiger charge is -2.26. The number of hydrogen-bond donors (Lipinski definition) is 4. The number of carbonyl (C=O) groups excluding carboxylic acids is 3. The van der Waals surface area contributed by atoms with Crippen molar-refractivity contribution in [1.29, 1.82) is 0 Å². The van der Waals surface area contributed by atoms with Gasteiger partial charge < -0.3 is 15.4 Å². The lowest BCUT2D eigenvalue weighted by Crippen LogP contribution is -2.45. The molecular weight excluding hydrogens is 420 g/mol. The molecule has 0 spiro atoms. The van der Waals surface area contributed by atoms with Gasteiger partial charge in [-0.15, -0.1) is 0 Å². The summed E-state index contributed by atoms with van der Waals surface area (Å²) in [5.41, 5.74) is 8.78. The number of ether oxygens (including phenoxy) is 1. The number of nitrogens with one attached hydrogen (secondary N) is 4. The summed E-state index contributed by atoms with van der Waals surface area (Å²) in [6, 6.07) is 14.5. The first-order valence-corrected chi connectivity index (χ1v) is 11.4. The number of fused-ring (bicyclic) bond motifs is 1. The van der Waals surface area contributed by atoms with Gasteiger partial charge in [-0.2, -0.15) is 0 Å². The smallest absolute Gasteiger partial charge is 0.337 e. The lowest BCUT2D eigenvalue weighted by molar-refractivity contribution is -0.124. The molecule has 2 aromatic carbocycles. The first-order chi connectivity index (χ1) is 16.0. The molecule has 2 fully saturated rings. The Morgan fingerprint density at radius 1 is 1.00 bits per heavy atom. The molecule has 3 unspecified atom stereocenters.